The molecule has 142 valence electrons. The minimum Gasteiger partial charge on any atom is -0.466 e. The first kappa shape index (κ1) is 23.9. The summed E-state index contributed by atoms with van der Waals surface area (Å²) in [6.45, 7) is 3.12. The number of carbonyl (C=O) groups is 2. The second-order valence-electron chi connectivity index (χ2n) is 5.97. The molecule has 1 atom stereocenters. The predicted molar refractivity (Wildman–Crippen MR) is 105 cm³/mol. The summed E-state index contributed by atoms with van der Waals surface area (Å²) in [6, 6.07) is 0. The van der Waals surface area contributed by atoms with Crippen LogP contribution in [0.2, 0.25) is 0 Å². The molecule has 0 saturated carbocycles. The lowest BCUT2D eigenvalue weighted by molar-refractivity contribution is -0.146. The topological polar surface area (TPSA) is 52.6 Å². The Morgan fingerprint density at radius 1 is 0.833 bits per heavy atom. The number of hydrogen-bond acceptors (Lipinski definition) is 4. The molecule has 0 heterocycles. The summed E-state index contributed by atoms with van der Waals surface area (Å²) >= 11 is 6.70. The maximum Gasteiger partial charge on any atom is 0.305 e. The first-order chi connectivity index (χ1) is 11.6. The molecule has 0 bridgehead atoms. The van der Waals surface area contributed by atoms with Crippen molar-refractivity contribution in [2.24, 2.45) is 5.92 Å². The molecule has 1 unspecified atom stereocenters. The molecular weight excluding hydrogens is 440 g/mol. The Bertz CT molecular complexity index is 324. The molecule has 0 aliphatic heterocycles. The fourth-order valence-electron chi connectivity index (χ4n) is 2.21. The van der Waals surface area contributed by atoms with E-state index in [-0.39, 0.29) is 11.9 Å². The first-order valence-corrected chi connectivity index (χ1v) is 11.3. The summed E-state index contributed by atoms with van der Waals surface area (Å²) in [5.74, 6) is 0.215. The summed E-state index contributed by atoms with van der Waals surface area (Å²) < 4.78 is 10.6. The first-order valence-electron chi connectivity index (χ1n) is 9.07. The smallest absolute Gasteiger partial charge is 0.305 e. The van der Waals surface area contributed by atoms with Crippen LogP contribution in [0.25, 0.3) is 0 Å². The van der Waals surface area contributed by atoms with Crippen LogP contribution in [0, 0.1) is 5.92 Å². The third-order valence-electron chi connectivity index (χ3n) is 3.86. The van der Waals surface area contributed by atoms with Crippen molar-refractivity contribution in [2.45, 2.75) is 71.1 Å². The third kappa shape index (κ3) is 15.4. The van der Waals surface area contributed by atoms with Crippen LogP contribution >= 0.6 is 31.9 Å². The molecule has 0 aliphatic carbocycles. The molecule has 0 rings (SSSR count). The fourth-order valence-corrected chi connectivity index (χ4v) is 3.00. The summed E-state index contributed by atoms with van der Waals surface area (Å²) in [6.07, 6.45) is 8.65. The normalized spacial score (nSPS) is 12.0. The zero-order valence-corrected chi connectivity index (χ0v) is 18.0. The van der Waals surface area contributed by atoms with E-state index < -0.39 is 0 Å². The van der Waals surface area contributed by atoms with Crippen molar-refractivity contribution < 1.29 is 19.1 Å². The highest BCUT2D eigenvalue weighted by Crippen LogP contribution is 2.14. The van der Waals surface area contributed by atoms with Gasteiger partial charge in [0.05, 0.1) is 13.2 Å². The van der Waals surface area contributed by atoms with Gasteiger partial charge in [0.25, 0.3) is 0 Å². The highest BCUT2D eigenvalue weighted by atomic mass is 79.9. The maximum absolute atomic E-state index is 11.6. The Kier molecular flexibility index (Phi) is 17.6. The highest BCUT2D eigenvalue weighted by molar-refractivity contribution is 9.09. The lowest BCUT2D eigenvalue weighted by Crippen LogP contribution is -2.14. The third-order valence-corrected chi connectivity index (χ3v) is 4.98. The number of ether oxygens (including phenoxy) is 2. The van der Waals surface area contributed by atoms with Gasteiger partial charge in [-0.15, -0.1) is 0 Å². The lowest BCUT2D eigenvalue weighted by atomic mass is 10.0. The van der Waals surface area contributed by atoms with Crippen molar-refractivity contribution in [3.05, 3.63) is 0 Å². The standard InChI is InChI=1S/C18H32Br2O4/c1-2-16(15-24-18(22)11-4-7-13-20)9-5-8-14-23-17(21)10-3-6-12-19/h16H,2-15H2,1H3. The largest absolute Gasteiger partial charge is 0.466 e. The summed E-state index contributed by atoms with van der Waals surface area (Å²) in [7, 11) is 0. The molecule has 6 heteroatoms. The van der Waals surface area contributed by atoms with E-state index in [2.05, 4.69) is 38.8 Å². The van der Waals surface area contributed by atoms with Crippen LogP contribution in [0.3, 0.4) is 0 Å². The summed E-state index contributed by atoms with van der Waals surface area (Å²) in [5.41, 5.74) is 0. The zero-order valence-electron chi connectivity index (χ0n) is 14.9. The number of rotatable bonds is 16. The fraction of sp³-hybridized carbons (Fsp3) is 0.889. The molecule has 0 spiro atoms. The van der Waals surface area contributed by atoms with E-state index >= 15 is 0 Å². The van der Waals surface area contributed by atoms with E-state index in [0.717, 1.165) is 62.0 Å². The van der Waals surface area contributed by atoms with Crippen LogP contribution in [-0.4, -0.2) is 35.8 Å². The minimum absolute atomic E-state index is 0.0909. The van der Waals surface area contributed by atoms with E-state index in [4.69, 9.17) is 9.47 Å². The zero-order chi connectivity index (χ0) is 18.0. The number of hydrogen-bond donors (Lipinski definition) is 0. The number of alkyl halides is 2. The molecule has 0 aromatic heterocycles. The Balaban J connectivity index is 3.61. The van der Waals surface area contributed by atoms with Crippen molar-refractivity contribution in [3.8, 4) is 0 Å². The molecule has 0 amide bonds. The Morgan fingerprint density at radius 2 is 1.42 bits per heavy atom. The van der Waals surface area contributed by atoms with Crippen molar-refractivity contribution in [1.29, 1.82) is 0 Å². The van der Waals surface area contributed by atoms with E-state index in [1.54, 1.807) is 0 Å². The second kappa shape index (κ2) is 17.7. The second-order valence-corrected chi connectivity index (χ2v) is 7.55. The van der Waals surface area contributed by atoms with Crippen molar-refractivity contribution in [1.82, 2.24) is 0 Å². The van der Waals surface area contributed by atoms with Crippen LogP contribution in [-0.2, 0) is 19.1 Å². The van der Waals surface area contributed by atoms with Gasteiger partial charge in [-0.05, 0) is 50.9 Å². The number of carbonyl (C=O) groups excluding carboxylic acids is 2. The average molecular weight is 472 g/mol. The van der Waals surface area contributed by atoms with Gasteiger partial charge in [0.2, 0.25) is 0 Å². The number of unbranched alkanes of at least 4 members (excludes halogenated alkanes) is 3. The van der Waals surface area contributed by atoms with E-state index in [1.807, 2.05) is 0 Å². The summed E-state index contributed by atoms with van der Waals surface area (Å²) in [4.78, 5) is 23.1. The molecular formula is C18H32Br2O4. The average Bonchev–Trinajstić information content (AvgIpc) is 2.57. The van der Waals surface area contributed by atoms with Crippen LogP contribution < -0.4 is 0 Å². The van der Waals surface area contributed by atoms with Crippen LogP contribution in [0.5, 0.6) is 0 Å². The molecule has 0 N–H and O–H groups in total. The van der Waals surface area contributed by atoms with Gasteiger partial charge in [0.15, 0.2) is 0 Å². The lowest BCUT2D eigenvalue weighted by Gasteiger charge is -2.15. The van der Waals surface area contributed by atoms with Gasteiger partial charge in [-0.25, -0.2) is 0 Å². The van der Waals surface area contributed by atoms with Gasteiger partial charge in [0, 0.05) is 23.5 Å². The molecule has 0 saturated heterocycles. The van der Waals surface area contributed by atoms with Gasteiger partial charge in [0.1, 0.15) is 0 Å². The molecule has 0 fully saturated rings. The molecule has 0 aromatic rings. The minimum atomic E-state index is -0.0969. The Hall–Kier alpha value is -0.100. The molecule has 0 aromatic carbocycles. The van der Waals surface area contributed by atoms with Gasteiger partial charge in [-0.1, -0.05) is 45.2 Å². The molecule has 0 radical (unpaired) electrons. The van der Waals surface area contributed by atoms with Crippen molar-refractivity contribution in [2.75, 3.05) is 23.9 Å². The van der Waals surface area contributed by atoms with Crippen LogP contribution in [0.15, 0.2) is 0 Å². The van der Waals surface area contributed by atoms with Gasteiger partial charge in [-0.2, -0.15) is 0 Å². The molecule has 0 aliphatic rings. The summed E-state index contributed by atoms with van der Waals surface area (Å²) in [5, 5.41) is 1.86. The predicted octanol–water partition coefficient (Wildman–Crippen LogP) is 5.40. The Labute approximate surface area is 163 Å². The van der Waals surface area contributed by atoms with Gasteiger partial charge >= 0.3 is 11.9 Å². The number of halogens is 2. The SMILES string of the molecule is CCC(CCCCOC(=O)CCCCBr)COC(=O)CCCCBr. The van der Waals surface area contributed by atoms with E-state index in [0.29, 0.717) is 32.0 Å². The Morgan fingerprint density at radius 3 is 1.96 bits per heavy atom. The van der Waals surface area contributed by atoms with E-state index in [1.165, 1.54) is 0 Å². The van der Waals surface area contributed by atoms with Crippen LogP contribution in [0.1, 0.15) is 71.1 Å². The van der Waals surface area contributed by atoms with Crippen molar-refractivity contribution >= 4 is 43.8 Å². The van der Waals surface area contributed by atoms with E-state index in [9.17, 15) is 9.59 Å². The van der Waals surface area contributed by atoms with Gasteiger partial charge in [-0.3, -0.25) is 9.59 Å². The van der Waals surface area contributed by atoms with Gasteiger partial charge < -0.3 is 9.47 Å². The number of esters is 2. The monoisotopic (exact) mass is 470 g/mol. The van der Waals surface area contributed by atoms with Crippen molar-refractivity contribution in [3.63, 3.8) is 0 Å². The maximum atomic E-state index is 11.6. The quantitative estimate of drug-likeness (QED) is 0.172. The van der Waals surface area contributed by atoms with Crippen LogP contribution in [0.4, 0.5) is 0 Å². The molecule has 24 heavy (non-hydrogen) atoms. The highest BCUT2D eigenvalue weighted by Gasteiger charge is 2.10. The molecule has 4 nitrogen and oxygen atoms in total.